The van der Waals surface area contributed by atoms with E-state index < -0.39 is 0 Å². The number of benzene rings is 1. The van der Waals surface area contributed by atoms with E-state index in [0.29, 0.717) is 5.15 Å². The van der Waals surface area contributed by atoms with Gasteiger partial charge >= 0.3 is 0 Å². The molecular formula is C16H14ClN3. The zero-order valence-electron chi connectivity index (χ0n) is 11.3. The van der Waals surface area contributed by atoms with Gasteiger partial charge in [0.15, 0.2) is 0 Å². The Hall–Kier alpha value is -2.13. The fraction of sp³-hybridized carbons (Fsp3) is 0.125. The van der Waals surface area contributed by atoms with Crippen LogP contribution in [0.4, 0.5) is 0 Å². The Bertz CT molecular complexity index is 748. The van der Waals surface area contributed by atoms with Crippen LogP contribution < -0.4 is 0 Å². The highest BCUT2D eigenvalue weighted by molar-refractivity contribution is 6.29. The van der Waals surface area contributed by atoms with Gasteiger partial charge in [-0.3, -0.25) is 0 Å². The lowest BCUT2D eigenvalue weighted by Crippen LogP contribution is -1.96. The molecule has 0 N–H and O–H groups in total. The van der Waals surface area contributed by atoms with Crippen molar-refractivity contribution in [2.75, 3.05) is 0 Å². The van der Waals surface area contributed by atoms with E-state index in [1.54, 1.807) is 6.20 Å². The average Bonchev–Trinajstić information content (AvgIpc) is 2.93. The predicted octanol–water partition coefficient (Wildman–Crippen LogP) is 4.20. The van der Waals surface area contributed by atoms with Gasteiger partial charge in [-0.1, -0.05) is 17.7 Å². The molecule has 0 unspecified atom stereocenters. The Morgan fingerprint density at radius 1 is 1.05 bits per heavy atom. The molecule has 2 aromatic heterocycles. The Balaban J connectivity index is 2.07. The summed E-state index contributed by atoms with van der Waals surface area (Å²) in [5, 5.41) is 4.77. The molecule has 0 aliphatic heterocycles. The van der Waals surface area contributed by atoms with Crippen molar-refractivity contribution in [3.8, 4) is 16.8 Å². The van der Waals surface area contributed by atoms with E-state index in [4.69, 9.17) is 11.6 Å². The molecule has 0 saturated carbocycles. The highest BCUT2D eigenvalue weighted by Gasteiger charge is 2.08. The molecule has 0 radical (unpaired) electrons. The van der Waals surface area contributed by atoms with Crippen molar-refractivity contribution in [1.29, 1.82) is 0 Å². The molecule has 0 fully saturated rings. The minimum absolute atomic E-state index is 0.525. The molecule has 2 heterocycles. The summed E-state index contributed by atoms with van der Waals surface area (Å²) in [6.45, 7) is 4.07. The number of hydrogen-bond acceptors (Lipinski definition) is 2. The summed E-state index contributed by atoms with van der Waals surface area (Å²) in [5.41, 5.74) is 5.45. The van der Waals surface area contributed by atoms with Gasteiger partial charge in [0.05, 0.1) is 5.69 Å². The number of aryl methyl sites for hydroxylation is 2. The summed E-state index contributed by atoms with van der Waals surface area (Å²) in [4.78, 5) is 4.31. The second kappa shape index (κ2) is 5.10. The number of aromatic nitrogens is 3. The first-order valence-corrected chi connectivity index (χ1v) is 6.77. The van der Waals surface area contributed by atoms with Crippen molar-refractivity contribution in [1.82, 2.24) is 14.8 Å². The lowest BCUT2D eigenvalue weighted by Gasteiger charge is -2.11. The Morgan fingerprint density at radius 3 is 2.50 bits per heavy atom. The highest BCUT2D eigenvalue weighted by atomic mass is 35.5. The van der Waals surface area contributed by atoms with Gasteiger partial charge < -0.3 is 0 Å². The molecule has 20 heavy (non-hydrogen) atoms. The van der Waals surface area contributed by atoms with Gasteiger partial charge in [0.25, 0.3) is 0 Å². The maximum absolute atomic E-state index is 5.91. The van der Waals surface area contributed by atoms with Crippen molar-refractivity contribution in [2.24, 2.45) is 0 Å². The molecule has 0 aliphatic rings. The maximum atomic E-state index is 5.91. The summed E-state index contributed by atoms with van der Waals surface area (Å²) < 4.78 is 1.85. The molecule has 4 heteroatoms. The second-order valence-electron chi connectivity index (χ2n) is 4.72. The summed E-state index contributed by atoms with van der Waals surface area (Å²) in [6.07, 6.45) is 3.71. The van der Waals surface area contributed by atoms with Gasteiger partial charge in [0.2, 0.25) is 0 Å². The van der Waals surface area contributed by atoms with Crippen LogP contribution in [0.3, 0.4) is 0 Å². The van der Waals surface area contributed by atoms with Crippen LogP contribution in [0.2, 0.25) is 5.15 Å². The van der Waals surface area contributed by atoms with Crippen LogP contribution in [0.5, 0.6) is 0 Å². The molecule has 0 atom stereocenters. The molecule has 100 valence electrons. The summed E-state index contributed by atoms with van der Waals surface area (Å²) in [5.74, 6) is 0. The van der Waals surface area contributed by atoms with Gasteiger partial charge in [-0.2, -0.15) is 5.10 Å². The van der Waals surface area contributed by atoms with Crippen molar-refractivity contribution < 1.29 is 0 Å². The van der Waals surface area contributed by atoms with Gasteiger partial charge in [0, 0.05) is 23.7 Å². The highest BCUT2D eigenvalue weighted by Crippen LogP contribution is 2.28. The molecule has 0 bridgehead atoms. The number of rotatable bonds is 2. The Kier molecular flexibility index (Phi) is 3.28. The minimum atomic E-state index is 0.525. The zero-order chi connectivity index (χ0) is 14.1. The fourth-order valence-corrected chi connectivity index (χ4v) is 2.52. The van der Waals surface area contributed by atoms with Gasteiger partial charge in [-0.15, -0.1) is 0 Å². The zero-order valence-corrected chi connectivity index (χ0v) is 12.1. The summed E-state index contributed by atoms with van der Waals surface area (Å²) in [6, 6.07) is 12.0. The molecule has 0 saturated heterocycles. The summed E-state index contributed by atoms with van der Waals surface area (Å²) >= 11 is 5.91. The Labute approximate surface area is 122 Å². The van der Waals surface area contributed by atoms with Gasteiger partial charge in [-0.05, 0) is 55.3 Å². The SMILES string of the molecule is Cc1cc(-n2cccn2)ccc1-c1ccc(Cl)nc1C. The smallest absolute Gasteiger partial charge is 0.129 e. The van der Waals surface area contributed by atoms with E-state index in [0.717, 1.165) is 16.9 Å². The third-order valence-corrected chi connectivity index (χ3v) is 3.53. The number of halogens is 1. The average molecular weight is 284 g/mol. The largest absolute Gasteiger partial charge is 0.241 e. The van der Waals surface area contributed by atoms with Crippen LogP contribution in [0.15, 0.2) is 48.8 Å². The quantitative estimate of drug-likeness (QED) is 0.660. The third kappa shape index (κ3) is 2.32. The molecule has 3 nitrogen and oxygen atoms in total. The van der Waals surface area contributed by atoms with Gasteiger partial charge in [0.1, 0.15) is 5.15 Å². The minimum Gasteiger partial charge on any atom is -0.241 e. The number of hydrogen-bond donors (Lipinski definition) is 0. The number of nitrogens with zero attached hydrogens (tertiary/aromatic N) is 3. The monoisotopic (exact) mass is 283 g/mol. The van der Waals surface area contributed by atoms with Crippen LogP contribution in [0.25, 0.3) is 16.8 Å². The van der Waals surface area contributed by atoms with Crippen LogP contribution in [-0.4, -0.2) is 14.8 Å². The van der Waals surface area contributed by atoms with Crippen LogP contribution in [0, 0.1) is 13.8 Å². The molecule has 0 aliphatic carbocycles. The van der Waals surface area contributed by atoms with Crippen LogP contribution >= 0.6 is 11.6 Å². The van der Waals surface area contributed by atoms with Crippen molar-refractivity contribution in [3.05, 3.63) is 65.2 Å². The van der Waals surface area contributed by atoms with Gasteiger partial charge in [-0.25, -0.2) is 9.67 Å². The van der Waals surface area contributed by atoms with Crippen LogP contribution in [-0.2, 0) is 0 Å². The first-order valence-electron chi connectivity index (χ1n) is 6.39. The van der Waals surface area contributed by atoms with E-state index >= 15 is 0 Å². The topological polar surface area (TPSA) is 30.7 Å². The first kappa shape index (κ1) is 12.9. The van der Waals surface area contributed by atoms with E-state index in [9.17, 15) is 0 Å². The second-order valence-corrected chi connectivity index (χ2v) is 5.10. The maximum Gasteiger partial charge on any atom is 0.129 e. The molecule has 3 rings (SSSR count). The molecular weight excluding hydrogens is 270 g/mol. The normalized spacial score (nSPS) is 10.8. The standard InChI is InChI=1S/C16H14ClN3/c1-11-10-13(20-9-3-8-18-20)4-5-14(11)15-6-7-16(17)19-12(15)2/h3-10H,1-2H3. The summed E-state index contributed by atoms with van der Waals surface area (Å²) in [7, 11) is 0. The third-order valence-electron chi connectivity index (χ3n) is 3.32. The fourth-order valence-electron chi connectivity index (χ4n) is 2.33. The number of pyridine rings is 1. The van der Waals surface area contributed by atoms with Crippen LogP contribution in [0.1, 0.15) is 11.3 Å². The van der Waals surface area contributed by atoms with E-state index in [1.165, 1.54) is 11.1 Å². The molecule has 3 aromatic rings. The lowest BCUT2D eigenvalue weighted by molar-refractivity contribution is 0.879. The van der Waals surface area contributed by atoms with E-state index in [-0.39, 0.29) is 0 Å². The predicted molar refractivity (Wildman–Crippen MR) is 81.3 cm³/mol. The Morgan fingerprint density at radius 2 is 1.85 bits per heavy atom. The molecule has 0 spiro atoms. The van der Waals surface area contributed by atoms with Crippen molar-refractivity contribution >= 4 is 11.6 Å². The molecule has 0 amide bonds. The van der Waals surface area contributed by atoms with Crippen molar-refractivity contribution in [3.63, 3.8) is 0 Å². The first-order chi connectivity index (χ1) is 9.65. The van der Waals surface area contributed by atoms with E-state index in [2.05, 4.69) is 35.2 Å². The lowest BCUT2D eigenvalue weighted by atomic mass is 9.99. The molecule has 1 aromatic carbocycles. The van der Waals surface area contributed by atoms with E-state index in [1.807, 2.05) is 36.0 Å². The van der Waals surface area contributed by atoms with Crippen molar-refractivity contribution in [2.45, 2.75) is 13.8 Å².